The summed E-state index contributed by atoms with van der Waals surface area (Å²) in [5.74, 6) is -1.07. The molecule has 0 bridgehead atoms. The van der Waals surface area contributed by atoms with Crippen molar-refractivity contribution in [3.05, 3.63) is 29.6 Å². The molecule has 0 heterocycles. The van der Waals surface area contributed by atoms with Gasteiger partial charge < -0.3 is 4.74 Å². The molecular formula is C9H8BrFO2. The maximum Gasteiger partial charge on any atom is 0.308 e. The highest BCUT2D eigenvalue weighted by Crippen LogP contribution is 2.19. The number of carbonyl (C=O) groups excluding carboxylic acids is 1. The average molecular weight is 247 g/mol. The predicted octanol–water partition coefficient (Wildman–Crippen LogP) is 2.65. The highest BCUT2D eigenvalue weighted by molar-refractivity contribution is 9.08. The highest BCUT2D eigenvalue weighted by Gasteiger charge is 2.05. The van der Waals surface area contributed by atoms with Gasteiger partial charge >= 0.3 is 5.97 Å². The Bertz CT molecular complexity index is 325. The Kier molecular flexibility index (Phi) is 3.42. The van der Waals surface area contributed by atoms with Gasteiger partial charge in [-0.1, -0.05) is 22.0 Å². The van der Waals surface area contributed by atoms with E-state index in [0.717, 1.165) is 5.56 Å². The molecule has 0 aromatic heterocycles. The van der Waals surface area contributed by atoms with E-state index < -0.39 is 11.8 Å². The van der Waals surface area contributed by atoms with Crippen LogP contribution in [0, 0.1) is 5.82 Å². The maximum absolute atomic E-state index is 13.1. The number of ether oxygens (including phenoxy) is 1. The molecule has 0 fully saturated rings. The Balaban J connectivity index is 2.91. The van der Waals surface area contributed by atoms with Crippen LogP contribution in [0.15, 0.2) is 18.2 Å². The molecule has 0 amide bonds. The summed E-state index contributed by atoms with van der Waals surface area (Å²) in [7, 11) is 0. The summed E-state index contributed by atoms with van der Waals surface area (Å²) in [5, 5.41) is 0.574. The van der Waals surface area contributed by atoms with Gasteiger partial charge in [0.25, 0.3) is 0 Å². The van der Waals surface area contributed by atoms with Gasteiger partial charge in [0.2, 0.25) is 0 Å². The minimum Gasteiger partial charge on any atom is -0.424 e. The Morgan fingerprint density at radius 3 is 2.77 bits per heavy atom. The molecule has 2 nitrogen and oxygen atoms in total. The highest BCUT2D eigenvalue weighted by atomic mass is 79.9. The van der Waals surface area contributed by atoms with E-state index >= 15 is 0 Å². The molecule has 0 aliphatic rings. The lowest BCUT2D eigenvalue weighted by Gasteiger charge is -2.03. The van der Waals surface area contributed by atoms with Crippen LogP contribution in [0.25, 0.3) is 0 Å². The van der Waals surface area contributed by atoms with E-state index in [4.69, 9.17) is 0 Å². The molecule has 0 saturated carbocycles. The van der Waals surface area contributed by atoms with E-state index in [0.29, 0.717) is 5.33 Å². The van der Waals surface area contributed by atoms with Crippen molar-refractivity contribution in [1.29, 1.82) is 0 Å². The van der Waals surface area contributed by atoms with Crippen molar-refractivity contribution in [3.63, 3.8) is 0 Å². The topological polar surface area (TPSA) is 26.3 Å². The van der Waals surface area contributed by atoms with E-state index in [2.05, 4.69) is 20.7 Å². The lowest BCUT2D eigenvalue weighted by molar-refractivity contribution is -0.132. The zero-order valence-corrected chi connectivity index (χ0v) is 8.60. The van der Waals surface area contributed by atoms with Crippen LogP contribution in [0.2, 0.25) is 0 Å². The minimum absolute atomic E-state index is 0.0304. The Morgan fingerprint density at radius 1 is 1.62 bits per heavy atom. The fourth-order valence-electron chi connectivity index (χ4n) is 0.865. The molecule has 1 rings (SSSR count). The van der Waals surface area contributed by atoms with Crippen LogP contribution in [-0.2, 0) is 10.1 Å². The monoisotopic (exact) mass is 246 g/mol. The van der Waals surface area contributed by atoms with E-state index in [1.54, 1.807) is 6.07 Å². The zero-order chi connectivity index (χ0) is 9.84. The summed E-state index contributed by atoms with van der Waals surface area (Å²) in [6, 6.07) is 4.45. The fraction of sp³-hybridized carbons (Fsp3) is 0.222. The summed E-state index contributed by atoms with van der Waals surface area (Å²) in [4.78, 5) is 10.5. The van der Waals surface area contributed by atoms with Crippen LogP contribution >= 0.6 is 15.9 Å². The minimum atomic E-state index is -0.523. The molecule has 0 aliphatic carbocycles. The van der Waals surface area contributed by atoms with Crippen molar-refractivity contribution in [2.24, 2.45) is 0 Å². The summed E-state index contributed by atoms with van der Waals surface area (Å²) in [5.41, 5.74) is 0.799. The number of carbonyl (C=O) groups is 1. The van der Waals surface area contributed by atoms with Crippen LogP contribution in [0.1, 0.15) is 12.5 Å². The molecular weight excluding hydrogens is 239 g/mol. The molecule has 4 heteroatoms. The first-order valence-corrected chi connectivity index (χ1v) is 4.78. The van der Waals surface area contributed by atoms with Gasteiger partial charge in [-0.2, -0.15) is 0 Å². The third-order valence-corrected chi connectivity index (χ3v) is 2.05. The molecule has 1 aromatic rings. The van der Waals surface area contributed by atoms with Crippen LogP contribution in [0.3, 0.4) is 0 Å². The number of hydrogen-bond acceptors (Lipinski definition) is 2. The summed E-state index contributed by atoms with van der Waals surface area (Å²) < 4.78 is 17.7. The van der Waals surface area contributed by atoms with Gasteiger partial charge in [0.15, 0.2) is 11.6 Å². The molecule has 1 aromatic carbocycles. The van der Waals surface area contributed by atoms with E-state index in [1.165, 1.54) is 19.1 Å². The molecule has 0 atom stereocenters. The summed E-state index contributed by atoms with van der Waals surface area (Å²) in [6.07, 6.45) is 0. The molecule has 0 unspecified atom stereocenters. The number of rotatable bonds is 2. The second-order valence-corrected chi connectivity index (χ2v) is 3.05. The van der Waals surface area contributed by atoms with Gasteiger partial charge in [-0.3, -0.25) is 4.79 Å². The van der Waals surface area contributed by atoms with E-state index in [9.17, 15) is 9.18 Å². The number of esters is 1. The van der Waals surface area contributed by atoms with Gasteiger partial charge in [0.1, 0.15) is 0 Å². The van der Waals surface area contributed by atoms with Gasteiger partial charge in [0.05, 0.1) is 0 Å². The molecule has 0 spiro atoms. The first-order valence-electron chi connectivity index (χ1n) is 3.66. The van der Waals surface area contributed by atoms with E-state index in [1.807, 2.05) is 0 Å². The van der Waals surface area contributed by atoms with Crippen molar-refractivity contribution in [1.82, 2.24) is 0 Å². The standard InChI is InChI=1S/C9H8BrFO2/c1-6(12)13-9-3-2-7(5-10)4-8(9)11/h2-4H,5H2,1H3. The van der Waals surface area contributed by atoms with Gasteiger partial charge in [0, 0.05) is 12.3 Å². The maximum atomic E-state index is 13.1. The summed E-state index contributed by atoms with van der Waals surface area (Å²) in [6.45, 7) is 1.23. The average Bonchev–Trinajstić information content (AvgIpc) is 2.08. The van der Waals surface area contributed by atoms with Crippen molar-refractivity contribution in [3.8, 4) is 5.75 Å². The quantitative estimate of drug-likeness (QED) is 0.456. The van der Waals surface area contributed by atoms with E-state index in [-0.39, 0.29) is 5.75 Å². The smallest absolute Gasteiger partial charge is 0.308 e. The first-order chi connectivity index (χ1) is 6.13. The Labute approximate surface area is 83.8 Å². The zero-order valence-electron chi connectivity index (χ0n) is 7.01. The molecule has 0 N–H and O–H groups in total. The number of benzene rings is 1. The third-order valence-electron chi connectivity index (χ3n) is 1.40. The van der Waals surface area contributed by atoms with Crippen molar-refractivity contribution >= 4 is 21.9 Å². The third kappa shape index (κ3) is 2.81. The lowest BCUT2D eigenvalue weighted by atomic mass is 10.2. The van der Waals surface area contributed by atoms with Crippen LogP contribution in [0.4, 0.5) is 4.39 Å². The Hall–Kier alpha value is -0.900. The number of hydrogen-bond donors (Lipinski definition) is 0. The summed E-state index contributed by atoms with van der Waals surface area (Å²) >= 11 is 3.19. The predicted molar refractivity (Wildman–Crippen MR) is 50.3 cm³/mol. The molecule has 70 valence electrons. The van der Waals surface area contributed by atoms with Crippen molar-refractivity contribution in [2.75, 3.05) is 0 Å². The number of alkyl halides is 1. The molecule has 13 heavy (non-hydrogen) atoms. The normalized spacial score (nSPS) is 9.77. The SMILES string of the molecule is CC(=O)Oc1ccc(CBr)cc1F. The molecule has 0 aliphatic heterocycles. The second-order valence-electron chi connectivity index (χ2n) is 2.49. The van der Waals surface area contributed by atoms with Crippen LogP contribution in [0.5, 0.6) is 5.75 Å². The fourth-order valence-corrected chi connectivity index (χ4v) is 1.21. The second kappa shape index (κ2) is 4.37. The largest absolute Gasteiger partial charge is 0.424 e. The van der Waals surface area contributed by atoms with Crippen molar-refractivity contribution < 1.29 is 13.9 Å². The van der Waals surface area contributed by atoms with Crippen LogP contribution < -0.4 is 4.74 Å². The van der Waals surface area contributed by atoms with Gasteiger partial charge in [-0.05, 0) is 17.7 Å². The molecule has 0 saturated heterocycles. The Morgan fingerprint density at radius 2 is 2.31 bits per heavy atom. The van der Waals surface area contributed by atoms with Gasteiger partial charge in [-0.15, -0.1) is 0 Å². The van der Waals surface area contributed by atoms with Crippen molar-refractivity contribution in [2.45, 2.75) is 12.3 Å². The number of halogens is 2. The van der Waals surface area contributed by atoms with Gasteiger partial charge in [-0.25, -0.2) is 4.39 Å². The lowest BCUT2D eigenvalue weighted by Crippen LogP contribution is -2.03. The first kappa shape index (κ1) is 10.2. The molecule has 0 radical (unpaired) electrons. The van der Waals surface area contributed by atoms with Crippen LogP contribution in [-0.4, -0.2) is 5.97 Å².